The lowest BCUT2D eigenvalue weighted by Crippen LogP contribution is -2.26. The van der Waals surface area contributed by atoms with Crippen LogP contribution >= 0.6 is 0 Å². The first-order valence-electron chi connectivity index (χ1n) is 8.52. The smallest absolute Gasteiger partial charge is 0.340 e. The van der Waals surface area contributed by atoms with E-state index in [9.17, 15) is 9.59 Å². The first kappa shape index (κ1) is 20.5. The predicted octanol–water partition coefficient (Wildman–Crippen LogP) is 2.41. The van der Waals surface area contributed by atoms with Gasteiger partial charge in [0, 0.05) is 26.0 Å². The van der Waals surface area contributed by atoms with Gasteiger partial charge in [-0.3, -0.25) is 4.79 Å². The van der Waals surface area contributed by atoms with Crippen molar-refractivity contribution in [2.75, 3.05) is 41.6 Å². The van der Waals surface area contributed by atoms with E-state index in [-0.39, 0.29) is 11.5 Å². The normalized spacial score (nSPS) is 15.5. The van der Waals surface area contributed by atoms with Crippen LogP contribution in [0, 0.1) is 0 Å². The number of benzene rings is 1. The van der Waals surface area contributed by atoms with Crippen LogP contribution in [0.3, 0.4) is 0 Å². The van der Waals surface area contributed by atoms with E-state index in [4.69, 9.17) is 18.9 Å². The van der Waals surface area contributed by atoms with Crippen molar-refractivity contribution in [1.29, 1.82) is 0 Å². The zero-order chi connectivity index (χ0) is 20.0. The van der Waals surface area contributed by atoms with Gasteiger partial charge < -0.3 is 23.8 Å². The molecule has 0 radical (unpaired) electrons. The number of amides is 1. The van der Waals surface area contributed by atoms with E-state index >= 15 is 0 Å². The predicted molar refractivity (Wildman–Crippen MR) is 100 cm³/mol. The third-order valence-corrected chi connectivity index (χ3v) is 4.35. The first-order chi connectivity index (χ1) is 13.0. The summed E-state index contributed by atoms with van der Waals surface area (Å²) in [5.74, 6) is 0.341. The molecule has 27 heavy (non-hydrogen) atoms. The molecule has 0 atom stereocenters. The van der Waals surface area contributed by atoms with E-state index in [1.807, 2.05) is 0 Å². The lowest BCUT2D eigenvalue weighted by molar-refractivity contribution is -0.136. The van der Waals surface area contributed by atoms with Gasteiger partial charge in [0.1, 0.15) is 0 Å². The summed E-state index contributed by atoms with van der Waals surface area (Å²) in [6.07, 6.45) is 2.33. The van der Waals surface area contributed by atoms with Crippen molar-refractivity contribution in [3.8, 4) is 11.5 Å². The maximum atomic E-state index is 12.9. The second-order valence-electron chi connectivity index (χ2n) is 5.93. The fourth-order valence-electron chi connectivity index (χ4n) is 2.97. The molecule has 1 aromatic carbocycles. The number of carbonyl (C=O) groups is 2. The van der Waals surface area contributed by atoms with Crippen LogP contribution in [0.1, 0.15) is 18.9 Å². The summed E-state index contributed by atoms with van der Waals surface area (Å²) in [7, 11) is 6.00. The fraction of sp³-hybridized carbons (Fsp3) is 0.400. The minimum atomic E-state index is -0.540. The Morgan fingerprint density at radius 3 is 2.41 bits per heavy atom. The number of hydrogen-bond donors (Lipinski definition) is 0. The van der Waals surface area contributed by atoms with Gasteiger partial charge in [-0.25, -0.2) is 4.79 Å². The highest BCUT2D eigenvalue weighted by Gasteiger charge is 2.36. The molecule has 1 amide bonds. The Balaban J connectivity index is 2.45. The number of hydrogen-bond acceptors (Lipinski definition) is 6. The highest BCUT2D eigenvalue weighted by molar-refractivity contribution is 6.16. The number of rotatable bonds is 8. The molecule has 1 aliphatic heterocycles. The van der Waals surface area contributed by atoms with Crippen molar-refractivity contribution in [2.45, 2.75) is 13.3 Å². The van der Waals surface area contributed by atoms with Gasteiger partial charge in [-0.15, -0.1) is 0 Å². The number of carbonyl (C=O) groups excluding carboxylic acids is 2. The highest BCUT2D eigenvalue weighted by atomic mass is 16.5. The molecule has 1 aromatic rings. The Morgan fingerprint density at radius 1 is 1.11 bits per heavy atom. The fourth-order valence-corrected chi connectivity index (χ4v) is 2.97. The minimum absolute atomic E-state index is 0.237. The SMILES string of the molecule is COCCCN1C(=O)C(=Cc2ccc(OC)c(OC)c2)C(C(=O)OC)=C1C. The highest BCUT2D eigenvalue weighted by Crippen LogP contribution is 2.33. The lowest BCUT2D eigenvalue weighted by Gasteiger charge is -2.17. The van der Waals surface area contributed by atoms with Crippen LogP contribution in [-0.2, 0) is 19.1 Å². The molecular formula is C20H25NO6. The Hall–Kier alpha value is -2.80. The van der Waals surface area contributed by atoms with Crippen molar-refractivity contribution in [2.24, 2.45) is 0 Å². The van der Waals surface area contributed by atoms with Crippen LogP contribution in [0.2, 0.25) is 0 Å². The molecule has 2 rings (SSSR count). The molecule has 1 heterocycles. The Morgan fingerprint density at radius 2 is 1.81 bits per heavy atom. The molecule has 0 fully saturated rings. The van der Waals surface area contributed by atoms with Crippen LogP contribution < -0.4 is 9.47 Å². The number of esters is 1. The van der Waals surface area contributed by atoms with Crippen LogP contribution in [0.4, 0.5) is 0 Å². The molecule has 0 saturated heterocycles. The molecule has 0 aromatic heterocycles. The van der Waals surface area contributed by atoms with Crippen molar-refractivity contribution >= 4 is 18.0 Å². The number of ether oxygens (including phenoxy) is 4. The zero-order valence-electron chi connectivity index (χ0n) is 16.3. The second kappa shape index (κ2) is 9.23. The topological polar surface area (TPSA) is 74.3 Å². The van der Waals surface area contributed by atoms with E-state index < -0.39 is 5.97 Å². The van der Waals surface area contributed by atoms with Crippen LogP contribution in [0.5, 0.6) is 11.5 Å². The van der Waals surface area contributed by atoms with Crippen LogP contribution in [0.25, 0.3) is 6.08 Å². The summed E-state index contributed by atoms with van der Waals surface area (Å²) >= 11 is 0. The van der Waals surface area contributed by atoms with Gasteiger partial charge >= 0.3 is 5.97 Å². The third-order valence-electron chi connectivity index (χ3n) is 4.35. The summed E-state index contributed by atoms with van der Waals surface area (Å²) in [4.78, 5) is 26.8. The van der Waals surface area contributed by atoms with E-state index in [1.54, 1.807) is 50.3 Å². The van der Waals surface area contributed by atoms with Gasteiger partial charge in [-0.05, 0) is 37.1 Å². The van der Waals surface area contributed by atoms with Gasteiger partial charge in [0.15, 0.2) is 11.5 Å². The largest absolute Gasteiger partial charge is 0.493 e. The number of methoxy groups -OCH3 is 4. The Bertz CT molecular complexity index is 781. The monoisotopic (exact) mass is 375 g/mol. The van der Waals surface area contributed by atoms with Crippen LogP contribution in [-0.4, -0.2) is 58.4 Å². The van der Waals surface area contributed by atoms with E-state index in [2.05, 4.69) is 0 Å². The molecule has 7 nitrogen and oxygen atoms in total. The summed E-state index contributed by atoms with van der Waals surface area (Å²) in [5, 5.41) is 0. The lowest BCUT2D eigenvalue weighted by atomic mass is 10.0. The maximum absolute atomic E-state index is 12.9. The number of allylic oxidation sites excluding steroid dienone is 1. The molecule has 1 aliphatic rings. The van der Waals surface area contributed by atoms with E-state index in [0.717, 1.165) is 0 Å². The second-order valence-corrected chi connectivity index (χ2v) is 5.93. The van der Waals surface area contributed by atoms with Gasteiger partial charge in [0.2, 0.25) is 0 Å². The minimum Gasteiger partial charge on any atom is -0.493 e. The maximum Gasteiger partial charge on any atom is 0.340 e. The Kier molecular flexibility index (Phi) is 7.01. The molecule has 146 valence electrons. The Labute approximate surface area is 159 Å². The summed E-state index contributed by atoms with van der Waals surface area (Å²) in [6.45, 7) is 2.73. The molecule has 0 aliphatic carbocycles. The molecular weight excluding hydrogens is 350 g/mol. The molecule has 0 unspecified atom stereocenters. The van der Waals surface area contributed by atoms with Crippen LogP contribution in [0.15, 0.2) is 35.0 Å². The quantitative estimate of drug-likeness (QED) is 0.395. The molecule has 0 bridgehead atoms. The van der Waals surface area contributed by atoms with E-state index in [1.165, 1.54) is 14.2 Å². The molecule has 0 spiro atoms. The summed E-state index contributed by atoms with van der Waals surface area (Å²) in [6, 6.07) is 5.28. The summed E-state index contributed by atoms with van der Waals surface area (Å²) < 4.78 is 20.5. The van der Waals surface area contributed by atoms with Crippen molar-refractivity contribution in [1.82, 2.24) is 4.90 Å². The van der Waals surface area contributed by atoms with Gasteiger partial charge in [-0.2, -0.15) is 0 Å². The van der Waals surface area contributed by atoms with Gasteiger partial charge in [0.05, 0.1) is 32.5 Å². The molecule has 0 N–H and O–H groups in total. The average Bonchev–Trinajstić information content (AvgIpc) is 2.91. The number of nitrogens with zero attached hydrogens (tertiary/aromatic N) is 1. The standard InChI is InChI=1S/C20H25NO6/c1-13-18(20(23)27-5)15(19(22)21(13)9-6-10-24-2)11-14-7-8-16(25-3)17(12-14)26-4/h7-8,11-12H,6,9-10H2,1-5H3. The third kappa shape index (κ3) is 4.31. The van der Waals surface area contributed by atoms with Crippen molar-refractivity contribution < 1.29 is 28.5 Å². The zero-order valence-corrected chi connectivity index (χ0v) is 16.3. The van der Waals surface area contributed by atoms with Crippen molar-refractivity contribution in [3.05, 3.63) is 40.6 Å². The first-order valence-corrected chi connectivity index (χ1v) is 8.52. The summed E-state index contributed by atoms with van der Waals surface area (Å²) in [5.41, 5.74) is 1.86. The van der Waals surface area contributed by atoms with Gasteiger partial charge in [0.25, 0.3) is 5.91 Å². The van der Waals surface area contributed by atoms with Crippen molar-refractivity contribution in [3.63, 3.8) is 0 Å². The van der Waals surface area contributed by atoms with Gasteiger partial charge in [-0.1, -0.05) is 6.07 Å². The van der Waals surface area contributed by atoms with E-state index in [0.29, 0.717) is 47.9 Å². The average molecular weight is 375 g/mol. The molecule has 0 saturated carbocycles. The molecule has 7 heteroatoms.